The van der Waals surface area contributed by atoms with E-state index in [1.807, 2.05) is 24.3 Å². The molecular weight excluding hydrogens is 296 g/mol. The molecule has 0 bridgehead atoms. The lowest BCUT2D eigenvalue weighted by Gasteiger charge is -2.22. The van der Waals surface area contributed by atoms with E-state index in [9.17, 15) is 4.79 Å². The molecule has 0 spiro atoms. The summed E-state index contributed by atoms with van der Waals surface area (Å²) in [5.74, 6) is 0. The molecule has 92 valence electrons. The maximum absolute atomic E-state index is 12.3. The van der Waals surface area contributed by atoms with Gasteiger partial charge in [-0.25, -0.2) is 4.79 Å². The maximum Gasteiger partial charge on any atom is 0.346 e. The second-order valence-corrected chi connectivity index (χ2v) is 5.04. The van der Waals surface area contributed by atoms with Crippen molar-refractivity contribution in [1.29, 1.82) is 0 Å². The highest BCUT2D eigenvalue weighted by Crippen LogP contribution is 2.18. The molecule has 1 aromatic heterocycles. The SMILES string of the molecule is O=C(N1CC=CCC1)n1nnc2cc(Br)ccc21. The Morgan fingerprint density at radius 2 is 2.22 bits per heavy atom. The largest absolute Gasteiger partial charge is 0.346 e. The lowest BCUT2D eigenvalue weighted by Crippen LogP contribution is -2.37. The molecule has 5 nitrogen and oxygen atoms in total. The lowest BCUT2D eigenvalue weighted by atomic mass is 10.2. The number of aromatic nitrogens is 3. The molecule has 2 heterocycles. The van der Waals surface area contributed by atoms with Crippen molar-refractivity contribution in [3.8, 4) is 0 Å². The topological polar surface area (TPSA) is 51.0 Å². The van der Waals surface area contributed by atoms with Gasteiger partial charge in [-0.1, -0.05) is 33.3 Å². The highest BCUT2D eigenvalue weighted by molar-refractivity contribution is 9.10. The van der Waals surface area contributed by atoms with Crippen LogP contribution in [0.1, 0.15) is 6.42 Å². The van der Waals surface area contributed by atoms with Crippen LogP contribution in [0.25, 0.3) is 11.0 Å². The highest BCUT2D eigenvalue weighted by atomic mass is 79.9. The molecule has 0 atom stereocenters. The standard InChI is InChI=1S/C12H11BrN4O/c13-9-4-5-11-10(8-9)14-15-17(11)12(18)16-6-2-1-3-7-16/h1-2,4-5,8H,3,6-7H2. The van der Waals surface area contributed by atoms with E-state index in [4.69, 9.17) is 0 Å². The summed E-state index contributed by atoms with van der Waals surface area (Å²) in [6.45, 7) is 1.37. The third-order valence-corrected chi connectivity index (χ3v) is 3.41. The first-order chi connectivity index (χ1) is 8.75. The number of hydrogen-bond donors (Lipinski definition) is 0. The second-order valence-electron chi connectivity index (χ2n) is 4.12. The van der Waals surface area contributed by atoms with Gasteiger partial charge < -0.3 is 4.90 Å². The molecule has 0 N–H and O–H groups in total. The van der Waals surface area contributed by atoms with Crippen LogP contribution in [0.4, 0.5) is 4.79 Å². The predicted molar refractivity (Wildman–Crippen MR) is 71.4 cm³/mol. The van der Waals surface area contributed by atoms with Crippen LogP contribution in [0.2, 0.25) is 0 Å². The van der Waals surface area contributed by atoms with Gasteiger partial charge in [-0.05, 0) is 24.6 Å². The average molecular weight is 307 g/mol. The smallest absolute Gasteiger partial charge is 0.319 e. The van der Waals surface area contributed by atoms with Crippen LogP contribution in [0.15, 0.2) is 34.8 Å². The molecular formula is C12H11BrN4O. The summed E-state index contributed by atoms with van der Waals surface area (Å²) in [7, 11) is 0. The average Bonchev–Trinajstić information content (AvgIpc) is 2.81. The first kappa shape index (κ1) is 11.4. The van der Waals surface area contributed by atoms with E-state index < -0.39 is 0 Å². The van der Waals surface area contributed by atoms with Crippen LogP contribution in [0.5, 0.6) is 0 Å². The molecule has 1 aromatic carbocycles. The predicted octanol–water partition coefficient (Wildman–Crippen LogP) is 2.42. The maximum atomic E-state index is 12.3. The fraction of sp³-hybridized carbons (Fsp3) is 0.250. The Morgan fingerprint density at radius 1 is 1.33 bits per heavy atom. The molecule has 0 saturated carbocycles. The summed E-state index contributed by atoms with van der Waals surface area (Å²) in [5, 5.41) is 7.95. The van der Waals surface area contributed by atoms with Crippen molar-refractivity contribution >= 4 is 33.0 Å². The Bertz CT molecular complexity index is 634. The molecule has 0 aliphatic carbocycles. The van der Waals surface area contributed by atoms with E-state index in [0.29, 0.717) is 12.1 Å². The summed E-state index contributed by atoms with van der Waals surface area (Å²) < 4.78 is 2.29. The van der Waals surface area contributed by atoms with E-state index in [-0.39, 0.29) is 6.03 Å². The van der Waals surface area contributed by atoms with Crippen molar-refractivity contribution in [2.75, 3.05) is 13.1 Å². The molecule has 0 saturated heterocycles. The molecule has 6 heteroatoms. The quantitative estimate of drug-likeness (QED) is 0.702. The molecule has 1 aliphatic rings. The van der Waals surface area contributed by atoms with E-state index in [2.05, 4.69) is 32.3 Å². The summed E-state index contributed by atoms with van der Waals surface area (Å²) in [4.78, 5) is 14.1. The summed E-state index contributed by atoms with van der Waals surface area (Å²) >= 11 is 3.37. The van der Waals surface area contributed by atoms with Gasteiger partial charge in [0.25, 0.3) is 0 Å². The Balaban J connectivity index is 1.98. The Morgan fingerprint density at radius 3 is 3.00 bits per heavy atom. The van der Waals surface area contributed by atoms with Gasteiger partial charge in [0, 0.05) is 17.6 Å². The number of hydrogen-bond acceptors (Lipinski definition) is 3. The zero-order valence-electron chi connectivity index (χ0n) is 9.58. The number of benzene rings is 1. The molecule has 18 heavy (non-hydrogen) atoms. The van der Waals surface area contributed by atoms with Crippen LogP contribution in [0.3, 0.4) is 0 Å². The fourth-order valence-corrected chi connectivity index (χ4v) is 2.34. The van der Waals surface area contributed by atoms with Gasteiger partial charge in [0.1, 0.15) is 5.52 Å². The minimum Gasteiger partial charge on any atom is -0.319 e. The van der Waals surface area contributed by atoms with Gasteiger partial charge in [0.15, 0.2) is 0 Å². The van der Waals surface area contributed by atoms with Crippen molar-refractivity contribution < 1.29 is 4.79 Å². The van der Waals surface area contributed by atoms with Crippen LogP contribution in [0, 0.1) is 0 Å². The molecule has 2 aromatic rings. The number of amides is 1. The third-order valence-electron chi connectivity index (χ3n) is 2.92. The molecule has 1 aliphatic heterocycles. The zero-order valence-corrected chi connectivity index (χ0v) is 11.2. The zero-order chi connectivity index (χ0) is 12.5. The number of rotatable bonds is 0. The van der Waals surface area contributed by atoms with Crippen molar-refractivity contribution in [2.24, 2.45) is 0 Å². The summed E-state index contributed by atoms with van der Waals surface area (Å²) in [6, 6.07) is 5.45. The molecule has 1 amide bonds. The fourth-order valence-electron chi connectivity index (χ4n) is 1.99. The number of nitrogens with zero attached hydrogens (tertiary/aromatic N) is 4. The Labute approximate surface area is 112 Å². The third kappa shape index (κ3) is 1.92. The van der Waals surface area contributed by atoms with Gasteiger partial charge in [0.05, 0.1) is 5.52 Å². The molecule has 0 radical (unpaired) electrons. The number of fused-ring (bicyclic) bond motifs is 1. The van der Waals surface area contributed by atoms with Crippen molar-refractivity contribution in [1.82, 2.24) is 19.9 Å². The van der Waals surface area contributed by atoms with E-state index in [1.165, 1.54) is 4.68 Å². The van der Waals surface area contributed by atoms with Crippen molar-refractivity contribution in [3.63, 3.8) is 0 Å². The van der Waals surface area contributed by atoms with E-state index in [0.717, 1.165) is 23.0 Å². The Hall–Kier alpha value is -1.69. The summed E-state index contributed by atoms with van der Waals surface area (Å²) in [6.07, 6.45) is 4.97. The van der Waals surface area contributed by atoms with E-state index >= 15 is 0 Å². The number of halogens is 1. The second kappa shape index (κ2) is 4.53. The molecule has 0 unspecified atom stereocenters. The van der Waals surface area contributed by atoms with Gasteiger partial charge in [-0.2, -0.15) is 4.68 Å². The van der Waals surface area contributed by atoms with Gasteiger partial charge >= 0.3 is 6.03 Å². The van der Waals surface area contributed by atoms with E-state index in [1.54, 1.807) is 4.90 Å². The minimum absolute atomic E-state index is 0.121. The normalized spacial score (nSPS) is 15.3. The lowest BCUT2D eigenvalue weighted by molar-refractivity contribution is 0.201. The van der Waals surface area contributed by atoms with Crippen LogP contribution < -0.4 is 0 Å². The van der Waals surface area contributed by atoms with Crippen LogP contribution in [-0.2, 0) is 0 Å². The first-order valence-corrected chi connectivity index (χ1v) is 6.50. The minimum atomic E-state index is -0.121. The van der Waals surface area contributed by atoms with Gasteiger partial charge in [-0.15, -0.1) is 5.10 Å². The monoisotopic (exact) mass is 306 g/mol. The molecule has 3 rings (SSSR count). The van der Waals surface area contributed by atoms with Gasteiger partial charge in [0.2, 0.25) is 0 Å². The molecule has 0 fully saturated rings. The van der Waals surface area contributed by atoms with Gasteiger partial charge in [-0.3, -0.25) is 0 Å². The van der Waals surface area contributed by atoms with Crippen molar-refractivity contribution in [3.05, 3.63) is 34.8 Å². The first-order valence-electron chi connectivity index (χ1n) is 5.71. The van der Waals surface area contributed by atoms with Crippen LogP contribution >= 0.6 is 15.9 Å². The number of carbonyl (C=O) groups is 1. The van der Waals surface area contributed by atoms with Crippen LogP contribution in [-0.4, -0.2) is 39.0 Å². The Kier molecular flexibility index (Phi) is 2.87. The number of carbonyl (C=O) groups excluding carboxylic acids is 1. The summed E-state index contributed by atoms with van der Waals surface area (Å²) in [5.41, 5.74) is 1.45. The van der Waals surface area contributed by atoms with Crippen molar-refractivity contribution in [2.45, 2.75) is 6.42 Å². The highest BCUT2D eigenvalue weighted by Gasteiger charge is 2.19.